The fourth-order valence-corrected chi connectivity index (χ4v) is 4.49. The predicted molar refractivity (Wildman–Crippen MR) is 159 cm³/mol. The number of hydrogen-bond acceptors (Lipinski definition) is 6. The summed E-state index contributed by atoms with van der Waals surface area (Å²) in [7, 11) is 1.88. The van der Waals surface area contributed by atoms with Crippen molar-refractivity contribution in [3.05, 3.63) is 118 Å². The number of nitrogens with zero attached hydrogens (tertiary/aromatic N) is 6. The number of aromatic nitrogens is 6. The van der Waals surface area contributed by atoms with Crippen molar-refractivity contribution in [2.24, 2.45) is 12.8 Å². The summed E-state index contributed by atoms with van der Waals surface area (Å²) < 4.78 is 4.99. The van der Waals surface area contributed by atoms with Gasteiger partial charge in [-0.25, -0.2) is 9.50 Å². The molecule has 0 saturated heterocycles. The van der Waals surface area contributed by atoms with Gasteiger partial charge in [-0.05, 0) is 43.3 Å². The van der Waals surface area contributed by atoms with Gasteiger partial charge in [0, 0.05) is 25.2 Å². The molecule has 4 aromatic heterocycles. The maximum atomic E-state index is 13.5. The Hall–Kier alpha value is -5.69. The number of fused-ring (bicyclic) bond motifs is 2. The van der Waals surface area contributed by atoms with Gasteiger partial charge >= 0.3 is 0 Å². The molecule has 4 N–H and O–H groups in total. The molecule has 204 valence electrons. The van der Waals surface area contributed by atoms with E-state index in [1.807, 2.05) is 69.4 Å². The van der Waals surface area contributed by atoms with Crippen LogP contribution in [-0.2, 0) is 13.5 Å². The van der Waals surface area contributed by atoms with Crippen LogP contribution < -0.4 is 17.0 Å². The van der Waals surface area contributed by atoms with E-state index < -0.39 is 5.91 Å². The first kappa shape index (κ1) is 26.9. The van der Waals surface area contributed by atoms with Crippen LogP contribution >= 0.6 is 0 Å². The summed E-state index contributed by atoms with van der Waals surface area (Å²) in [5.74, 6) is 6.65. The van der Waals surface area contributed by atoms with Gasteiger partial charge < -0.3 is 11.5 Å². The number of benzene rings is 2. The summed E-state index contributed by atoms with van der Waals surface area (Å²) in [6.45, 7) is 3.97. The molecule has 0 aliphatic carbocycles. The zero-order chi connectivity index (χ0) is 29.1. The van der Waals surface area contributed by atoms with Crippen LogP contribution in [0.15, 0.2) is 83.9 Å². The van der Waals surface area contributed by atoms with Gasteiger partial charge in [-0.1, -0.05) is 49.1 Å². The second-order valence-corrected chi connectivity index (χ2v) is 9.23. The highest BCUT2D eigenvalue weighted by Crippen LogP contribution is 2.18. The minimum absolute atomic E-state index is 0.0964. The van der Waals surface area contributed by atoms with E-state index in [1.165, 1.54) is 4.52 Å². The van der Waals surface area contributed by atoms with E-state index in [0.717, 1.165) is 22.8 Å². The van der Waals surface area contributed by atoms with Crippen LogP contribution in [0.4, 0.5) is 5.82 Å². The number of aryl methyl sites for hydroxylation is 2. The maximum absolute atomic E-state index is 13.5. The number of carbonyl (C=O) groups is 1. The summed E-state index contributed by atoms with van der Waals surface area (Å²) >= 11 is 0. The molecule has 10 heteroatoms. The van der Waals surface area contributed by atoms with E-state index >= 15 is 0 Å². The Morgan fingerprint density at radius 2 is 1.71 bits per heavy atom. The average Bonchev–Trinajstić information content (AvgIpc) is 3.49. The van der Waals surface area contributed by atoms with Gasteiger partial charge in [0.1, 0.15) is 11.4 Å². The molecular formula is C31H28N8O2. The summed E-state index contributed by atoms with van der Waals surface area (Å²) in [6, 6.07) is 20.6. The molecule has 0 saturated carbocycles. The summed E-state index contributed by atoms with van der Waals surface area (Å²) in [4.78, 5) is 29.2. The predicted octanol–water partition coefficient (Wildman–Crippen LogP) is 3.41. The van der Waals surface area contributed by atoms with E-state index in [9.17, 15) is 9.59 Å². The fraction of sp³-hybridized carbons (Fsp3) is 0.129. The number of hydrogen-bond donors (Lipinski definition) is 2. The Balaban J connectivity index is 0.000000216. The lowest BCUT2D eigenvalue weighted by Gasteiger charge is -2.13. The fourth-order valence-electron chi connectivity index (χ4n) is 4.49. The summed E-state index contributed by atoms with van der Waals surface area (Å²) in [5.41, 5.74) is 15.5. The van der Waals surface area contributed by atoms with Crippen LogP contribution in [0.25, 0.3) is 22.1 Å². The Morgan fingerprint density at radius 1 is 0.976 bits per heavy atom. The number of carbonyl (C=O) groups excluding carboxylic acids is 1. The normalized spacial score (nSPS) is 10.6. The lowest BCUT2D eigenvalue weighted by Crippen LogP contribution is -2.24. The molecule has 0 bridgehead atoms. The molecule has 10 nitrogen and oxygen atoms in total. The van der Waals surface area contributed by atoms with E-state index in [0.29, 0.717) is 28.4 Å². The van der Waals surface area contributed by atoms with Crippen molar-refractivity contribution in [1.29, 1.82) is 0 Å². The molecule has 0 spiro atoms. The number of rotatable bonds is 3. The van der Waals surface area contributed by atoms with Crippen molar-refractivity contribution >= 4 is 28.1 Å². The van der Waals surface area contributed by atoms with Crippen LogP contribution in [0, 0.1) is 18.8 Å². The molecule has 41 heavy (non-hydrogen) atoms. The SMILES string of the molecule is CCc1nc2cccc(C#Cc3cnn(C)c3C)c2c(=O)n1-c1ccccc1.NC(=O)c1c(N)nn2ccccc12. The molecule has 0 atom stereocenters. The van der Waals surface area contributed by atoms with Crippen molar-refractivity contribution < 1.29 is 4.79 Å². The first-order valence-electron chi connectivity index (χ1n) is 12.9. The first-order chi connectivity index (χ1) is 19.8. The molecule has 0 aliphatic heterocycles. The zero-order valence-electron chi connectivity index (χ0n) is 22.9. The molecule has 1 amide bonds. The highest BCUT2D eigenvalue weighted by molar-refractivity contribution is 6.04. The van der Waals surface area contributed by atoms with Gasteiger partial charge in [0.2, 0.25) is 0 Å². The number of nitrogens with two attached hydrogens (primary N) is 2. The third-order valence-corrected chi connectivity index (χ3v) is 6.68. The highest BCUT2D eigenvalue weighted by Gasteiger charge is 2.15. The second-order valence-electron chi connectivity index (χ2n) is 9.23. The third-order valence-electron chi connectivity index (χ3n) is 6.68. The van der Waals surface area contributed by atoms with Crippen LogP contribution in [0.1, 0.15) is 39.9 Å². The number of pyridine rings is 1. The molecule has 0 fully saturated rings. The lowest BCUT2D eigenvalue weighted by atomic mass is 10.1. The van der Waals surface area contributed by atoms with Crippen molar-refractivity contribution in [2.75, 3.05) is 5.73 Å². The van der Waals surface area contributed by atoms with Crippen molar-refractivity contribution in [3.63, 3.8) is 0 Å². The van der Waals surface area contributed by atoms with E-state index in [-0.39, 0.29) is 16.9 Å². The summed E-state index contributed by atoms with van der Waals surface area (Å²) in [6.07, 6.45) is 4.10. The number of primary amides is 1. The lowest BCUT2D eigenvalue weighted by molar-refractivity contribution is 0.100. The number of anilines is 1. The Labute approximate surface area is 235 Å². The largest absolute Gasteiger partial charge is 0.382 e. The van der Waals surface area contributed by atoms with Gasteiger partial charge in [0.25, 0.3) is 11.5 Å². The summed E-state index contributed by atoms with van der Waals surface area (Å²) in [5, 5.41) is 8.69. The van der Waals surface area contributed by atoms with Crippen molar-refractivity contribution in [3.8, 4) is 17.5 Å². The minimum atomic E-state index is -0.557. The first-order valence-corrected chi connectivity index (χ1v) is 12.9. The Morgan fingerprint density at radius 3 is 2.39 bits per heavy atom. The van der Waals surface area contributed by atoms with Crippen LogP contribution in [0.3, 0.4) is 0 Å². The molecule has 2 aromatic carbocycles. The van der Waals surface area contributed by atoms with E-state index in [2.05, 4.69) is 22.0 Å². The van der Waals surface area contributed by atoms with Crippen molar-refractivity contribution in [2.45, 2.75) is 20.3 Å². The monoisotopic (exact) mass is 544 g/mol. The van der Waals surface area contributed by atoms with E-state index in [1.54, 1.807) is 39.8 Å². The quantitative estimate of drug-likeness (QED) is 0.328. The van der Waals surface area contributed by atoms with Crippen LogP contribution in [-0.4, -0.2) is 34.9 Å². The molecule has 0 radical (unpaired) electrons. The number of nitrogen functional groups attached to an aromatic ring is 1. The van der Waals surface area contributed by atoms with Gasteiger partial charge in [-0.15, -0.1) is 5.10 Å². The van der Waals surface area contributed by atoms with Gasteiger partial charge in [0.05, 0.1) is 39.6 Å². The Kier molecular flexibility index (Phi) is 7.35. The Bertz CT molecular complexity index is 2020. The smallest absolute Gasteiger partial charge is 0.267 e. The molecular weight excluding hydrogens is 516 g/mol. The second kappa shape index (κ2) is 11.2. The molecule has 4 heterocycles. The highest BCUT2D eigenvalue weighted by atomic mass is 16.1. The molecule has 6 aromatic rings. The van der Waals surface area contributed by atoms with E-state index in [4.69, 9.17) is 16.5 Å². The third kappa shape index (κ3) is 5.16. The van der Waals surface area contributed by atoms with Gasteiger partial charge in [-0.3, -0.25) is 18.8 Å². The van der Waals surface area contributed by atoms with Crippen LogP contribution in [0.2, 0.25) is 0 Å². The van der Waals surface area contributed by atoms with Gasteiger partial charge in [0.15, 0.2) is 5.82 Å². The van der Waals surface area contributed by atoms with Crippen LogP contribution in [0.5, 0.6) is 0 Å². The average molecular weight is 545 g/mol. The zero-order valence-corrected chi connectivity index (χ0v) is 22.9. The van der Waals surface area contributed by atoms with Gasteiger partial charge in [-0.2, -0.15) is 5.10 Å². The minimum Gasteiger partial charge on any atom is -0.382 e. The number of para-hydroxylation sites is 1. The topological polar surface area (TPSA) is 139 Å². The molecule has 6 rings (SSSR count). The standard InChI is InChI=1S/C23H20N4O.C8H8N4O/c1-4-21-25-20-12-8-9-17(13-14-18-15-24-26(3)16(18)2)22(20)23(28)27(21)19-10-6-5-7-11-19;9-7-6(8(10)13)5-3-1-2-4-12(5)11-7/h5-12,15H,4H2,1-3H3;1-4H,(H2,9,11)(H2,10,13). The van der Waals surface area contributed by atoms with Crippen molar-refractivity contribution in [1.82, 2.24) is 28.9 Å². The molecule has 0 unspecified atom stereocenters. The molecule has 0 aliphatic rings. The maximum Gasteiger partial charge on any atom is 0.267 e. The number of amides is 1.